The van der Waals surface area contributed by atoms with Crippen LogP contribution in [-0.2, 0) is 27.2 Å². The Morgan fingerprint density at radius 1 is 1.03 bits per heavy atom. The van der Waals surface area contributed by atoms with Gasteiger partial charge in [0.05, 0.1) is 6.04 Å². The molecule has 0 unspecified atom stereocenters. The molecule has 7 nitrogen and oxygen atoms in total. The monoisotopic (exact) mass is 423 g/mol. The maximum absolute atomic E-state index is 13.4. The summed E-state index contributed by atoms with van der Waals surface area (Å²) in [5.41, 5.74) is 8.03. The lowest BCUT2D eigenvalue weighted by atomic mass is 10.0. The molecule has 0 radical (unpaired) electrons. The van der Waals surface area contributed by atoms with Crippen LogP contribution in [0.15, 0.2) is 60.7 Å². The zero-order valence-electron chi connectivity index (χ0n) is 17.7. The average Bonchev–Trinajstić information content (AvgIpc) is 3.28. The molecule has 1 fully saturated rings. The van der Waals surface area contributed by atoms with Gasteiger partial charge in [-0.2, -0.15) is 0 Å². The Balaban J connectivity index is 1.81. The minimum Gasteiger partial charge on any atom is -0.480 e. The number of carbonyl (C=O) groups is 3. The van der Waals surface area contributed by atoms with E-state index in [4.69, 9.17) is 5.73 Å². The number of hydrogen-bond donors (Lipinski definition) is 2. The summed E-state index contributed by atoms with van der Waals surface area (Å²) in [4.78, 5) is 40.9. The van der Waals surface area contributed by atoms with Gasteiger partial charge in [-0.3, -0.25) is 9.59 Å². The van der Waals surface area contributed by atoms with Crippen LogP contribution >= 0.6 is 0 Å². The van der Waals surface area contributed by atoms with Crippen molar-refractivity contribution in [3.8, 4) is 0 Å². The van der Waals surface area contributed by atoms with Gasteiger partial charge >= 0.3 is 5.97 Å². The third kappa shape index (κ3) is 5.49. The number of nitrogens with two attached hydrogens (primary N) is 1. The van der Waals surface area contributed by atoms with Crippen LogP contribution in [-0.4, -0.2) is 64.4 Å². The summed E-state index contributed by atoms with van der Waals surface area (Å²) >= 11 is 0. The van der Waals surface area contributed by atoms with E-state index in [9.17, 15) is 19.5 Å². The van der Waals surface area contributed by atoms with Gasteiger partial charge < -0.3 is 20.6 Å². The number of amides is 2. The van der Waals surface area contributed by atoms with Crippen molar-refractivity contribution in [3.63, 3.8) is 0 Å². The van der Waals surface area contributed by atoms with Gasteiger partial charge in [-0.15, -0.1) is 0 Å². The van der Waals surface area contributed by atoms with E-state index in [0.717, 1.165) is 11.1 Å². The number of aliphatic carboxylic acids is 1. The smallest absolute Gasteiger partial charge is 0.326 e. The number of carboxylic acids is 1. The largest absolute Gasteiger partial charge is 0.480 e. The summed E-state index contributed by atoms with van der Waals surface area (Å²) in [5, 5.41) is 9.51. The lowest BCUT2D eigenvalue weighted by Crippen LogP contribution is -2.56. The van der Waals surface area contributed by atoms with E-state index in [1.165, 1.54) is 9.80 Å². The Morgan fingerprint density at radius 3 is 2.13 bits per heavy atom. The van der Waals surface area contributed by atoms with Gasteiger partial charge in [0, 0.05) is 20.0 Å². The third-order valence-electron chi connectivity index (χ3n) is 5.81. The quantitative estimate of drug-likeness (QED) is 0.673. The van der Waals surface area contributed by atoms with Gasteiger partial charge in [0.15, 0.2) is 0 Å². The summed E-state index contributed by atoms with van der Waals surface area (Å²) in [5.74, 6) is -1.71. The van der Waals surface area contributed by atoms with Crippen molar-refractivity contribution in [2.24, 2.45) is 5.73 Å². The first kappa shape index (κ1) is 22.5. The standard InChI is InChI=1S/C24H29N3O4/c1-26(22(28)19(25)15-17-9-4-2-5-10-17)21(16-18-11-6-3-7-12-18)23(29)27-14-8-13-20(27)24(30)31/h2-7,9-12,19-21H,8,13-16,25H2,1H3,(H,30,31)/t19-,20-,21-/m0/s1. The first-order chi connectivity index (χ1) is 14.9. The minimum atomic E-state index is -1.01. The molecule has 0 aromatic heterocycles. The highest BCUT2D eigenvalue weighted by atomic mass is 16.4. The van der Waals surface area contributed by atoms with E-state index >= 15 is 0 Å². The summed E-state index contributed by atoms with van der Waals surface area (Å²) in [7, 11) is 1.57. The summed E-state index contributed by atoms with van der Waals surface area (Å²) in [6.45, 7) is 0.374. The number of carbonyl (C=O) groups excluding carboxylic acids is 2. The fraction of sp³-hybridized carbons (Fsp3) is 0.375. The Kier molecular flexibility index (Phi) is 7.41. The molecule has 31 heavy (non-hydrogen) atoms. The van der Waals surface area contributed by atoms with Crippen molar-refractivity contribution in [2.45, 2.75) is 43.8 Å². The Morgan fingerprint density at radius 2 is 1.58 bits per heavy atom. The van der Waals surface area contributed by atoms with Crippen LogP contribution in [0, 0.1) is 0 Å². The average molecular weight is 424 g/mol. The highest BCUT2D eigenvalue weighted by Crippen LogP contribution is 2.22. The third-order valence-corrected chi connectivity index (χ3v) is 5.81. The predicted molar refractivity (Wildman–Crippen MR) is 117 cm³/mol. The fourth-order valence-electron chi connectivity index (χ4n) is 4.08. The first-order valence-electron chi connectivity index (χ1n) is 10.5. The normalized spacial score (nSPS) is 17.7. The molecule has 3 rings (SSSR count). The van der Waals surface area contributed by atoms with Crippen LogP contribution < -0.4 is 5.73 Å². The molecule has 3 N–H and O–H groups in total. The number of hydrogen-bond acceptors (Lipinski definition) is 4. The number of rotatable bonds is 8. The zero-order chi connectivity index (χ0) is 22.4. The molecule has 3 atom stereocenters. The molecule has 0 aliphatic carbocycles. The molecule has 1 aliphatic heterocycles. The van der Waals surface area contributed by atoms with Crippen LogP contribution in [0.2, 0.25) is 0 Å². The Bertz CT molecular complexity index is 904. The maximum Gasteiger partial charge on any atom is 0.326 e. The van der Waals surface area contributed by atoms with Gasteiger partial charge in [0.1, 0.15) is 12.1 Å². The first-order valence-corrected chi connectivity index (χ1v) is 10.5. The van der Waals surface area contributed by atoms with Crippen molar-refractivity contribution in [1.82, 2.24) is 9.80 Å². The van der Waals surface area contributed by atoms with E-state index in [1.807, 2.05) is 60.7 Å². The van der Waals surface area contributed by atoms with Crippen LogP contribution in [0.1, 0.15) is 24.0 Å². The molecular formula is C24H29N3O4. The van der Waals surface area contributed by atoms with Gasteiger partial charge in [0.2, 0.25) is 11.8 Å². The van der Waals surface area contributed by atoms with Gasteiger partial charge in [-0.05, 0) is 30.4 Å². The summed E-state index contributed by atoms with van der Waals surface area (Å²) in [6, 6.07) is 16.4. The van der Waals surface area contributed by atoms with Crippen molar-refractivity contribution >= 4 is 17.8 Å². The molecular weight excluding hydrogens is 394 g/mol. The summed E-state index contributed by atoms with van der Waals surface area (Å²) in [6.07, 6.45) is 1.71. The Labute approximate surface area is 182 Å². The van der Waals surface area contributed by atoms with Gasteiger partial charge in [-0.25, -0.2) is 4.79 Å². The number of nitrogens with zero attached hydrogens (tertiary/aromatic N) is 2. The maximum atomic E-state index is 13.4. The predicted octanol–water partition coefficient (Wildman–Crippen LogP) is 1.70. The highest BCUT2D eigenvalue weighted by Gasteiger charge is 2.40. The molecule has 1 saturated heterocycles. The topological polar surface area (TPSA) is 104 Å². The molecule has 0 saturated carbocycles. The second kappa shape index (κ2) is 10.2. The molecule has 164 valence electrons. The number of likely N-dealkylation sites (tertiary alicyclic amines) is 1. The van der Waals surface area contributed by atoms with Crippen molar-refractivity contribution in [1.29, 1.82) is 0 Å². The second-order valence-electron chi connectivity index (χ2n) is 7.98. The van der Waals surface area contributed by atoms with E-state index in [0.29, 0.717) is 32.2 Å². The van der Waals surface area contributed by atoms with Crippen LogP contribution in [0.3, 0.4) is 0 Å². The molecule has 2 amide bonds. The number of likely N-dealkylation sites (N-methyl/N-ethyl adjacent to an activating group) is 1. The SMILES string of the molecule is CN(C(=O)[C@@H](N)Cc1ccccc1)[C@@H](Cc1ccccc1)C(=O)N1CCC[C@H]1C(=O)O. The molecule has 1 aliphatic rings. The molecule has 2 aromatic carbocycles. The van der Waals surface area contributed by atoms with Crippen LogP contribution in [0.4, 0.5) is 0 Å². The molecule has 2 aromatic rings. The van der Waals surface area contributed by atoms with E-state index < -0.39 is 24.1 Å². The number of carboxylic acid groups (broad SMARTS) is 1. The van der Waals surface area contributed by atoms with Crippen LogP contribution in [0.5, 0.6) is 0 Å². The van der Waals surface area contributed by atoms with Crippen molar-refractivity contribution < 1.29 is 19.5 Å². The molecule has 0 bridgehead atoms. The van der Waals surface area contributed by atoms with Crippen molar-refractivity contribution in [3.05, 3.63) is 71.8 Å². The highest BCUT2D eigenvalue weighted by molar-refractivity contribution is 5.92. The second-order valence-corrected chi connectivity index (χ2v) is 7.98. The Hall–Kier alpha value is -3.19. The lowest BCUT2D eigenvalue weighted by molar-refractivity contribution is -0.152. The summed E-state index contributed by atoms with van der Waals surface area (Å²) < 4.78 is 0. The van der Waals surface area contributed by atoms with Gasteiger partial charge in [-0.1, -0.05) is 60.7 Å². The fourth-order valence-corrected chi connectivity index (χ4v) is 4.08. The van der Waals surface area contributed by atoms with Crippen LogP contribution in [0.25, 0.3) is 0 Å². The minimum absolute atomic E-state index is 0.294. The van der Waals surface area contributed by atoms with Gasteiger partial charge in [0.25, 0.3) is 0 Å². The lowest BCUT2D eigenvalue weighted by Gasteiger charge is -2.33. The number of benzene rings is 2. The van der Waals surface area contributed by atoms with E-state index in [2.05, 4.69) is 0 Å². The zero-order valence-corrected chi connectivity index (χ0v) is 17.7. The molecule has 7 heteroatoms. The molecule has 1 heterocycles. The van der Waals surface area contributed by atoms with E-state index in [-0.39, 0.29) is 11.8 Å². The molecule has 0 spiro atoms. The van der Waals surface area contributed by atoms with Crippen molar-refractivity contribution in [2.75, 3.05) is 13.6 Å². The van der Waals surface area contributed by atoms with E-state index in [1.54, 1.807) is 7.05 Å².